The molecular weight excluding hydrogens is 389 g/mol. The van der Waals surface area contributed by atoms with Crippen molar-refractivity contribution in [3.8, 4) is 16.9 Å². The van der Waals surface area contributed by atoms with Crippen molar-refractivity contribution in [2.45, 2.75) is 25.2 Å². The maximum absolute atomic E-state index is 12.6. The van der Waals surface area contributed by atoms with Crippen molar-refractivity contribution in [2.75, 3.05) is 12.3 Å². The minimum atomic E-state index is -4.78. The summed E-state index contributed by atoms with van der Waals surface area (Å²) in [6.07, 6.45) is -2.96. The molecule has 7 nitrogen and oxygen atoms in total. The van der Waals surface area contributed by atoms with E-state index in [4.69, 9.17) is 11.6 Å². The monoisotopic (exact) mass is 408 g/mol. The summed E-state index contributed by atoms with van der Waals surface area (Å²) in [6.45, 7) is -0.317. The van der Waals surface area contributed by atoms with Crippen LogP contribution in [0.15, 0.2) is 42.5 Å². The van der Waals surface area contributed by atoms with Gasteiger partial charge in [0.1, 0.15) is 12.3 Å². The number of hydrogen-bond acceptors (Lipinski definition) is 5. The molecule has 0 spiro atoms. The zero-order valence-corrected chi connectivity index (χ0v) is 15.2. The van der Waals surface area contributed by atoms with Crippen LogP contribution in [-0.4, -0.2) is 35.8 Å². The second-order valence-electron chi connectivity index (χ2n) is 6.65. The first-order valence-electron chi connectivity index (χ1n) is 8.74. The number of hydrogen-bond donors (Lipinski definition) is 3. The molecule has 0 aromatic heterocycles. The number of carbonyl (C=O) groups excluding carboxylic acids is 2. The fourth-order valence-electron chi connectivity index (χ4n) is 2.65. The second kappa shape index (κ2) is 8.00. The van der Waals surface area contributed by atoms with Crippen molar-refractivity contribution in [3.05, 3.63) is 48.0 Å². The van der Waals surface area contributed by atoms with Gasteiger partial charge in [-0.1, -0.05) is 18.2 Å². The third-order valence-corrected chi connectivity index (χ3v) is 4.22. The van der Waals surface area contributed by atoms with Crippen molar-refractivity contribution in [3.63, 3.8) is 0 Å². The minimum Gasteiger partial charge on any atom is -0.406 e. The Labute approximate surface area is 164 Å². The summed E-state index contributed by atoms with van der Waals surface area (Å²) in [6, 6.07) is 9.89. The molecule has 0 heterocycles. The summed E-state index contributed by atoms with van der Waals surface area (Å²) >= 11 is 0. The Morgan fingerprint density at radius 1 is 1.10 bits per heavy atom. The highest BCUT2D eigenvalue weighted by Gasteiger charge is 2.31. The number of benzene rings is 2. The number of anilines is 1. The van der Waals surface area contributed by atoms with Crippen molar-refractivity contribution < 1.29 is 27.5 Å². The molecule has 1 saturated carbocycles. The van der Waals surface area contributed by atoms with Crippen molar-refractivity contribution >= 4 is 17.5 Å². The fraction of sp³-hybridized carbons (Fsp3) is 0.263. The highest BCUT2D eigenvalue weighted by atomic mass is 19.4. The normalized spacial score (nSPS) is 13.7. The number of carbonyl (C=O) groups is 2. The average molecular weight is 408 g/mol. The number of nitrogens with two attached hydrogens (primary N) is 2. The maximum atomic E-state index is 12.6. The molecule has 1 aliphatic carbocycles. The van der Waals surface area contributed by atoms with Gasteiger partial charge in [-0.15, -0.1) is 13.2 Å². The minimum absolute atomic E-state index is 0.0832. The molecule has 2 aromatic carbocycles. The van der Waals surface area contributed by atoms with Crippen LogP contribution in [0.5, 0.6) is 5.75 Å². The molecule has 5 N–H and O–H groups in total. The van der Waals surface area contributed by atoms with Crippen LogP contribution >= 0.6 is 0 Å². The standard InChI is InChI=1S/C19H19F3N4O3/c20-19(21,22)29-14-6-1-11(2-7-14)12-3-8-16(23)15(9-12)18(28)26(24)10-17(27)25-13-4-5-13/h1-3,6-9,13H,4-5,10,23-24H2,(H,25,27). The van der Waals surface area contributed by atoms with Gasteiger partial charge in [0, 0.05) is 11.7 Å². The van der Waals surface area contributed by atoms with Gasteiger partial charge >= 0.3 is 6.36 Å². The molecule has 0 saturated heterocycles. The van der Waals surface area contributed by atoms with E-state index in [1.807, 2.05) is 0 Å². The molecule has 2 aromatic rings. The number of amides is 2. The molecule has 154 valence electrons. The SMILES string of the molecule is Nc1ccc(-c2ccc(OC(F)(F)F)cc2)cc1C(=O)N(N)CC(=O)NC1CC1. The lowest BCUT2D eigenvalue weighted by molar-refractivity contribution is -0.274. The van der Waals surface area contributed by atoms with Crippen LogP contribution in [0.1, 0.15) is 23.2 Å². The van der Waals surface area contributed by atoms with E-state index in [0.29, 0.717) is 11.1 Å². The number of nitrogens with one attached hydrogen (secondary N) is 1. The van der Waals surface area contributed by atoms with Gasteiger partial charge in [0.25, 0.3) is 5.91 Å². The number of rotatable bonds is 6. The zero-order chi connectivity index (χ0) is 21.2. The van der Waals surface area contributed by atoms with Crippen LogP contribution in [-0.2, 0) is 4.79 Å². The first kappa shape index (κ1) is 20.5. The molecule has 1 aliphatic rings. The first-order chi connectivity index (χ1) is 13.6. The molecule has 2 amide bonds. The van der Waals surface area contributed by atoms with Crippen LogP contribution < -0.4 is 21.6 Å². The molecule has 0 unspecified atom stereocenters. The van der Waals surface area contributed by atoms with Crippen LogP contribution in [0, 0.1) is 0 Å². The van der Waals surface area contributed by atoms with E-state index in [1.54, 1.807) is 6.07 Å². The predicted octanol–water partition coefficient (Wildman–Crippen LogP) is 2.43. The molecular formula is C19H19F3N4O3. The Hall–Kier alpha value is -3.27. The molecule has 0 bridgehead atoms. The lowest BCUT2D eigenvalue weighted by Gasteiger charge is -2.18. The van der Waals surface area contributed by atoms with Gasteiger partial charge in [-0.3, -0.25) is 14.6 Å². The Kier molecular flexibility index (Phi) is 5.64. The lowest BCUT2D eigenvalue weighted by Crippen LogP contribution is -2.45. The zero-order valence-electron chi connectivity index (χ0n) is 15.2. The largest absolute Gasteiger partial charge is 0.573 e. The number of hydrazine groups is 1. The number of halogens is 3. The summed E-state index contributed by atoms with van der Waals surface area (Å²) in [7, 11) is 0. The predicted molar refractivity (Wildman–Crippen MR) is 99.4 cm³/mol. The van der Waals surface area contributed by atoms with Gasteiger partial charge in [-0.05, 0) is 48.2 Å². The quantitative estimate of drug-likeness (QED) is 0.294. The number of nitrogens with zero attached hydrogens (tertiary/aromatic N) is 1. The van der Waals surface area contributed by atoms with E-state index in [2.05, 4.69) is 10.1 Å². The summed E-state index contributed by atoms with van der Waals surface area (Å²) in [4.78, 5) is 24.4. The summed E-state index contributed by atoms with van der Waals surface area (Å²) < 4.78 is 40.7. The number of ether oxygens (including phenoxy) is 1. The highest BCUT2D eigenvalue weighted by Crippen LogP contribution is 2.28. The molecule has 3 rings (SSSR count). The van der Waals surface area contributed by atoms with Crippen molar-refractivity contribution in [1.29, 1.82) is 0 Å². The van der Waals surface area contributed by atoms with Crippen LogP contribution in [0.3, 0.4) is 0 Å². The Morgan fingerprint density at radius 3 is 2.31 bits per heavy atom. The van der Waals surface area contributed by atoms with Crippen molar-refractivity contribution in [1.82, 2.24) is 10.3 Å². The summed E-state index contributed by atoms with van der Waals surface area (Å²) in [5.41, 5.74) is 7.20. The Balaban J connectivity index is 1.74. The molecule has 1 fully saturated rings. The van der Waals surface area contributed by atoms with Crippen molar-refractivity contribution in [2.24, 2.45) is 5.84 Å². The maximum Gasteiger partial charge on any atom is 0.573 e. The molecule has 29 heavy (non-hydrogen) atoms. The van der Waals surface area contributed by atoms with Gasteiger partial charge in [-0.25, -0.2) is 5.84 Å². The third kappa shape index (κ3) is 5.61. The average Bonchev–Trinajstić information content (AvgIpc) is 3.44. The summed E-state index contributed by atoms with van der Waals surface area (Å²) in [5.74, 6) is 4.36. The van der Waals surface area contributed by atoms with Gasteiger partial charge in [-0.2, -0.15) is 0 Å². The Bertz CT molecular complexity index is 912. The van der Waals surface area contributed by atoms with Gasteiger partial charge in [0.2, 0.25) is 5.91 Å². The smallest absolute Gasteiger partial charge is 0.406 e. The van der Waals surface area contributed by atoms with E-state index in [-0.39, 0.29) is 35.5 Å². The molecule has 0 aliphatic heterocycles. The fourth-order valence-corrected chi connectivity index (χ4v) is 2.65. The van der Waals surface area contributed by atoms with Crippen LogP contribution in [0.25, 0.3) is 11.1 Å². The van der Waals surface area contributed by atoms with E-state index < -0.39 is 12.3 Å². The first-order valence-corrected chi connectivity index (χ1v) is 8.74. The van der Waals surface area contributed by atoms with Crippen LogP contribution in [0.4, 0.5) is 18.9 Å². The van der Waals surface area contributed by atoms with Gasteiger partial charge < -0.3 is 15.8 Å². The van der Waals surface area contributed by atoms with E-state index in [1.165, 1.54) is 24.3 Å². The lowest BCUT2D eigenvalue weighted by atomic mass is 10.0. The van der Waals surface area contributed by atoms with E-state index in [0.717, 1.165) is 30.0 Å². The Morgan fingerprint density at radius 2 is 1.72 bits per heavy atom. The molecule has 0 atom stereocenters. The van der Waals surface area contributed by atoms with E-state index >= 15 is 0 Å². The number of nitrogen functional groups attached to an aromatic ring is 1. The highest BCUT2D eigenvalue weighted by molar-refractivity contribution is 6.01. The summed E-state index contributed by atoms with van der Waals surface area (Å²) in [5, 5.41) is 3.50. The van der Waals surface area contributed by atoms with Gasteiger partial charge in [0.05, 0.1) is 5.56 Å². The number of alkyl halides is 3. The van der Waals surface area contributed by atoms with E-state index in [9.17, 15) is 22.8 Å². The molecule has 10 heteroatoms. The topological polar surface area (TPSA) is 111 Å². The third-order valence-electron chi connectivity index (χ3n) is 4.22. The van der Waals surface area contributed by atoms with Crippen LogP contribution in [0.2, 0.25) is 0 Å². The molecule has 0 radical (unpaired) electrons. The second-order valence-corrected chi connectivity index (χ2v) is 6.65. The van der Waals surface area contributed by atoms with Gasteiger partial charge in [0.15, 0.2) is 0 Å².